The van der Waals surface area contributed by atoms with Gasteiger partial charge in [0, 0.05) is 63.1 Å². The minimum absolute atomic E-state index is 0.0966. The first kappa shape index (κ1) is 26.2. The molecule has 206 valence electrons. The summed E-state index contributed by atoms with van der Waals surface area (Å²) in [6.07, 6.45) is 5.07. The summed E-state index contributed by atoms with van der Waals surface area (Å²) < 4.78 is 6.63. The number of fused-ring (bicyclic) bond motifs is 1. The van der Waals surface area contributed by atoms with Gasteiger partial charge in [-0.3, -0.25) is 29.6 Å². The first-order valence-corrected chi connectivity index (χ1v) is 13.9. The largest absolute Gasteiger partial charge is 0.487 e. The van der Waals surface area contributed by atoms with E-state index < -0.39 is 11.9 Å². The summed E-state index contributed by atoms with van der Waals surface area (Å²) in [5.74, 6) is -0.168. The lowest BCUT2D eigenvalue weighted by Crippen LogP contribution is -2.54. The van der Waals surface area contributed by atoms with Gasteiger partial charge in [0.1, 0.15) is 17.9 Å². The summed E-state index contributed by atoms with van der Waals surface area (Å²) in [5.41, 5.74) is 3.86. The lowest BCUT2D eigenvalue weighted by atomic mass is 10.00. The van der Waals surface area contributed by atoms with Gasteiger partial charge in [-0.25, -0.2) is 0 Å². The van der Waals surface area contributed by atoms with Gasteiger partial charge in [-0.2, -0.15) is 0 Å². The molecule has 2 aromatic carbocycles. The molecule has 4 heterocycles. The zero-order valence-electron chi connectivity index (χ0n) is 22.3. The van der Waals surface area contributed by atoms with Crippen LogP contribution >= 0.6 is 0 Å². The van der Waals surface area contributed by atoms with Crippen LogP contribution in [0, 0.1) is 0 Å². The fraction of sp³-hybridized carbons (Fsp3) is 0.355. The molecule has 9 heteroatoms. The average Bonchev–Trinajstić information content (AvgIpc) is 3.29. The summed E-state index contributed by atoms with van der Waals surface area (Å²) in [5, 5.41) is 6.07. The van der Waals surface area contributed by atoms with Crippen LogP contribution < -0.4 is 15.4 Å². The molecule has 0 bridgehead atoms. The van der Waals surface area contributed by atoms with Crippen LogP contribution in [0.2, 0.25) is 0 Å². The van der Waals surface area contributed by atoms with Crippen LogP contribution in [-0.4, -0.2) is 63.8 Å². The smallest absolute Gasteiger partial charge is 0.255 e. The van der Waals surface area contributed by atoms with Crippen LogP contribution in [0.3, 0.4) is 0 Å². The fourth-order valence-electron chi connectivity index (χ4n) is 5.87. The molecule has 1 aromatic heterocycles. The van der Waals surface area contributed by atoms with E-state index in [2.05, 4.69) is 32.7 Å². The molecule has 0 aliphatic carbocycles. The highest BCUT2D eigenvalue weighted by atomic mass is 16.5. The van der Waals surface area contributed by atoms with Crippen molar-refractivity contribution in [1.82, 2.24) is 25.4 Å². The number of imide groups is 1. The standard InChI is InChI=1S/C31H33N5O4/c37-29-9-8-27(30(38)34-29)36-19-23-16-24(6-7-25(23)31(36)39)40-28-20-35(18-22-10-13-32-14-11-22)15-12-26(28)33-17-21-4-2-1-3-5-21/h1-7,10-11,13-14,16,26-28,33H,8-9,12,15,17-20H2,(H,34,37,38)/t26-,27?,28-/m1/s1. The van der Waals surface area contributed by atoms with E-state index >= 15 is 0 Å². The normalized spacial score (nSPS) is 23.1. The van der Waals surface area contributed by atoms with Crippen LogP contribution in [0.1, 0.15) is 46.3 Å². The number of piperidine rings is 2. The van der Waals surface area contributed by atoms with Crippen molar-refractivity contribution in [3.8, 4) is 5.75 Å². The summed E-state index contributed by atoms with van der Waals surface area (Å²) in [7, 11) is 0. The molecular weight excluding hydrogens is 506 g/mol. The van der Waals surface area contributed by atoms with Crippen LogP contribution in [0.4, 0.5) is 0 Å². The fourth-order valence-corrected chi connectivity index (χ4v) is 5.87. The Kier molecular flexibility index (Phi) is 7.57. The van der Waals surface area contributed by atoms with Crippen LogP contribution in [0.25, 0.3) is 0 Å². The predicted molar refractivity (Wildman–Crippen MR) is 148 cm³/mol. The van der Waals surface area contributed by atoms with Gasteiger partial charge in [-0.15, -0.1) is 0 Å². The average molecular weight is 540 g/mol. The highest BCUT2D eigenvalue weighted by Crippen LogP contribution is 2.31. The van der Waals surface area contributed by atoms with Gasteiger partial charge >= 0.3 is 0 Å². The zero-order chi connectivity index (χ0) is 27.5. The minimum atomic E-state index is -0.631. The molecule has 2 saturated heterocycles. The number of hydrogen-bond acceptors (Lipinski definition) is 7. The Bertz CT molecular complexity index is 1380. The van der Waals surface area contributed by atoms with Crippen molar-refractivity contribution in [1.29, 1.82) is 0 Å². The minimum Gasteiger partial charge on any atom is -0.487 e. The van der Waals surface area contributed by atoms with Gasteiger partial charge in [0.2, 0.25) is 11.8 Å². The molecule has 2 fully saturated rings. The second-order valence-corrected chi connectivity index (χ2v) is 10.7. The molecule has 2 N–H and O–H groups in total. The van der Waals surface area contributed by atoms with Crippen LogP contribution in [0.15, 0.2) is 73.1 Å². The maximum absolute atomic E-state index is 13.1. The van der Waals surface area contributed by atoms with E-state index in [0.717, 1.165) is 38.2 Å². The predicted octanol–water partition coefficient (Wildman–Crippen LogP) is 2.65. The van der Waals surface area contributed by atoms with Crippen LogP contribution in [-0.2, 0) is 29.2 Å². The molecule has 0 radical (unpaired) electrons. The lowest BCUT2D eigenvalue weighted by molar-refractivity contribution is -0.136. The van der Waals surface area contributed by atoms with E-state index in [1.807, 2.05) is 54.9 Å². The van der Waals surface area contributed by atoms with E-state index in [4.69, 9.17) is 4.74 Å². The molecule has 40 heavy (non-hydrogen) atoms. The molecule has 6 rings (SSSR count). The number of benzene rings is 2. The second kappa shape index (κ2) is 11.6. The summed E-state index contributed by atoms with van der Waals surface area (Å²) in [4.78, 5) is 45.2. The number of aromatic nitrogens is 1. The van der Waals surface area contributed by atoms with Crippen LogP contribution in [0.5, 0.6) is 5.75 Å². The Hall–Kier alpha value is -4.08. The third-order valence-electron chi connectivity index (χ3n) is 7.99. The van der Waals surface area contributed by atoms with E-state index in [1.165, 1.54) is 11.1 Å². The molecule has 3 aliphatic heterocycles. The van der Waals surface area contributed by atoms with Gasteiger partial charge in [0.25, 0.3) is 5.91 Å². The number of hydrogen-bond donors (Lipinski definition) is 2. The van der Waals surface area contributed by atoms with Crippen molar-refractivity contribution in [2.24, 2.45) is 0 Å². The Labute approximate surface area is 233 Å². The number of pyridine rings is 1. The molecule has 0 saturated carbocycles. The SMILES string of the molecule is O=C1CCC(N2Cc3cc(O[C@@H]4CN(Cc5ccncc5)CC[C@H]4NCc4ccccc4)ccc3C2=O)C(=O)N1. The number of nitrogens with zero attached hydrogens (tertiary/aromatic N) is 3. The van der Waals surface area contributed by atoms with Crippen molar-refractivity contribution in [3.63, 3.8) is 0 Å². The summed E-state index contributed by atoms with van der Waals surface area (Å²) >= 11 is 0. The lowest BCUT2D eigenvalue weighted by Gasteiger charge is -2.39. The highest BCUT2D eigenvalue weighted by Gasteiger charge is 2.39. The Morgan fingerprint density at radius 3 is 2.60 bits per heavy atom. The first-order valence-electron chi connectivity index (χ1n) is 13.9. The monoisotopic (exact) mass is 539 g/mol. The van der Waals surface area contributed by atoms with E-state index in [0.29, 0.717) is 24.3 Å². The van der Waals surface area contributed by atoms with Crippen molar-refractivity contribution >= 4 is 17.7 Å². The summed E-state index contributed by atoms with van der Waals surface area (Å²) in [6, 6.07) is 19.5. The number of ether oxygens (including phenoxy) is 1. The van der Waals surface area contributed by atoms with Crippen molar-refractivity contribution in [2.45, 2.75) is 57.1 Å². The zero-order valence-corrected chi connectivity index (χ0v) is 22.3. The number of amides is 3. The van der Waals surface area contributed by atoms with E-state index in [-0.39, 0.29) is 30.4 Å². The molecule has 3 aliphatic rings. The number of carbonyl (C=O) groups excluding carboxylic acids is 3. The Balaban J connectivity index is 1.17. The van der Waals surface area contributed by atoms with Gasteiger partial charge in [0.15, 0.2) is 0 Å². The number of rotatable bonds is 8. The first-order chi connectivity index (χ1) is 19.5. The third-order valence-corrected chi connectivity index (χ3v) is 7.99. The van der Waals surface area contributed by atoms with Gasteiger partial charge in [-0.05, 0) is 59.9 Å². The molecule has 3 atom stereocenters. The van der Waals surface area contributed by atoms with Crippen molar-refractivity contribution in [2.75, 3.05) is 13.1 Å². The second-order valence-electron chi connectivity index (χ2n) is 10.7. The number of nitrogens with one attached hydrogen (secondary N) is 2. The van der Waals surface area contributed by atoms with Gasteiger partial charge in [-0.1, -0.05) is 30.3 Å². The highest BCUT2D eigenvalue weighted by molar-refractivity contribution is 6.05. The molecule has 3 aromatic rings. The van der Waals surface area contributed by atoms with Gasteiger partial charge < -0.3 is 15.0 Å². The van der Waals surface area contributed by atoms with E-state index in [9.17, 15) is 14.4 Å². The molecule has 0 spiro atoms. The summed E-state index contributed by atoms with van der Waals surface area (Å²) in [6.45, 7) is 3.62. The third kappa shape index (κ3) is 5.76. The van der Waals surface area contributed by atoms with Crippen molar-refractivity contribution < 1.29 is 19.1 Å². The van der Waals surface area contributed by atoms with Crippen molar-refractivity contribution in [3.05, 3.63) is 95.3 Å². The molecule has 9 nitrogen and oxygen atoms in total. The maximum Gasteiger partial charge on any atom is 0.255 e. The topological polar surface area (TPSA) is 104 Å². The molecule has 1 unspecified atom stereocenters. The quantitative estimate of drug-likeness (QED) is 0.424. The van der Waals surface area contributed by atoms with Gasteiger partial charge in [0.05, 0.1) is 0 Å². The number of likely N-dealkylation sites (tertiary alicyclic amines) is 1. The Morgan fingerprint density at radius 1 is 0.975 bits per heavy atom. The number of carbonyl (C=O) groups is 3. The molecular formula is C31H33N5O4. The Morgan fingerprint density at radius 2 is 1.80 bits per heavy atom. The van der Waals surface area contributed by atoms with E-state index in [1.54, 1.807) is 11.0 Å². The molecule has 3 amide bonds. The maximum atomic E-state index is 13.1.